The molecule has 0 unspecified atom stereocenters. The first-order valence-electron chi connectivity index (χ1n) is 5.31. The number of rotatable bonds is 2. The number of fused-ring (bicyclic) bond motifs is 1. The number of hydrogen-bond donors (Lipinski definition) is 1. The van der Waals surface area contributed by atoms with Gasteiger partial charge in [0.05, 0.1) is 6.42 Å². The summed E-state index contributed by atoms with van der Waals surface area (Å²) in [6.07, 6.45) is 0.873. The normalized spacial score (nSPS) is 13.9. The van der Waals surface area contributed by atoms with Crippen LogP contribution in [0.1, 0.15) is 18.9 Å². The Hall–Kier alpha value is -1.84. The third-order valence-corrected chi connectivity index (χ3v) is 2.76. The van der Waals surface area contributed by atoms with Crippen LogP contribution in [0.3, 0.4) is 0 Å². The highest BCUT2D eigenvalue weighted by Gasteiger charge is 2.23. The van der Waals surface area contributed by atoms with Crippen LogP contribution in [0.4, 0.5) is 11.4 Å². The average molecular weight is 218 g/mol. The van der Waals surface area contributed by atoms with E-state index < -0.39 is 0 Å². The molecule has 1 aromatic carbocycles. The maximum atomic E-state index is 11.5. The fourth-order valence-electron chi connectivity index (χ4n) is 1.80. The molecule has 84 valence electrons. The van der Waals surface area contributed by atoms with E-state index in [1.54, 1.807) is 18.9 Å². The molecule has 1 aliphatic heterocycles. The molecule has 0 atom stereocenters. The first-order chi connectivity index (χ1) is 7.61. The summed E-state index contributed by atoms with van der Waals surface area (Å²) in [4.78, 5) is 24.3. The van der Waals surface area contributed by atoms with E-state index in [4.69, 9.17) is 0 Å². The summed E-state index contributed by atoms with van der Waals surface area (Å²) in [6, 6.07) is 5.55. The van der Waals surface area contributed by atoms with Crippen molar-refractivity contribution in [2.24, 2.45) is 0 Å². The van der Waals surface area contributed by atoms with Gasteiger partial charge in [0.2, 0.25) is 11.8 Å². The van der Waals surface area contributed by atoms with Gasteiger partial charge in [-0.05, 0) is 23.8 Å². The lowest BCUT2D eigenvalue weighted by molar-refractivity contribution is -0.117. The third kappa shape index (κ3) is 1.78. The van der Waals surface area contributed by atoms with E-state index in [0.29, 0.717) is 12.8 Å². The lowest BCUT2D eigenvalue weighted by Crippen LogP contribution is -2.20. The minimum absolute atomic E-state index is 0.0161. The molecule has 16 heavy (non-hydrogen) atoms. The number of amides is 2. The fraction of sp³-hybridized carbons (Fsp3) is 0.333. The Morgan fingerprint density at radius 3 is 2.94 bits per heavy atom. The van der Waals surface area contributed by atoms with Crippen molar-refractivity contribution in [3.63, 3.8) is 0 Å². The monoisotopic (exact) mass is 218 g/mol. The molecule has 1 aromatic rings. The van der Waals surface area contributed by atoms with Gasteiger partial charge >= 0.3 is 0 Å². The number of nitrogens with zero attached hydrogens (tertiary/aromatic N) is 1. The van der Waals surface area contributed by atoms with E-state index in [1.807, 2.05) is 18.2 Å². The smallest absolute Gasteiger partial charge is 0.231 e. The first kappa shape index (κ1) is 10.7. The number of benzene rings is 1. The van der Waals surface area contributed by atoms with Gasteiger partial charge in [-0.15, -0.1) is 0 Å². The van der Waals surface area contributed by atoms with Gasteiger partial charge in [-0.3, -0.25) is 9.59 Å². The van der Waals surface area contributed by atoms with Crippen LogP contribution in [0.2, 0.25) is 0 Å². The number of anilines is 2. The van der Waals surface area contributed by atoms with Crippen molar-refractivity contribution >= 4 is 23.2 Å². The van der Waals surface area contributed by atoms with Gasteiger partial charge in [-0.25, -0.2) is 0 Å². The highest BCUT2D eigenvalue weighted by Crippen LogP contribution is 2.29. The molecule has 4 nitrogen and oxygen atoms in total. The van der Waals surface area contributed by atoms with Gasteiger partial charge in [0, 0.05) is 24.8 Å². The standard InChI is InChI=1S/C12H14N2O2/c1-3-11(15)13-9-4-5-10-8(6-9)7-12(16)14(10)2/h4-6H,3,7H2,1-2H3,(H,13,15). The lowest BCUT2D eigenvalue weighted by Gasteiger charge is -2.10. The Balaban J connectivity index is 2.25. The van der Waals surface area contributed by atoms with Crippen LogP contribution in [0, 0.1) is 0 Å². The Morgan fingerprint density at radius 2 is 2.25 bits per heavy atom. The second-order valence-electron chi connectivity index (χ2n) is 3.87. The van der Waals surface area contributed by atoms with E-state index in [0.717, 1.165) is 16.9 Å². The lowest BCUT2D eigenvalue weighted by atomic mass is 10.1. The number of hydrogen-bond acceptors (Lipinski definition) is 2. The maximum Gasteiger partial charge on any atom is 0.231 e. The molecule has 0 aromatic heterocycles. The highest BCUT2D eigenvalue weighted by molar-refractivity contribution is 6.01. The van der Waals surface area contributed by atoms with Crippen LogP contribution in [-0.2, 0) is 16.0 Å². The van der Waals surface area contributed by atoms with Gasteiger partial charge < -0.3 is 10.2 Å². The quantitative estimate of drug-likeness (QED) is 0.818. The molecule has 0 saturated heterocycles. The number of nitrogens with one attached hydrogen (secondary N) is 1. The molecule has 1 N–H and O–H groups in total. The molecule has 0 aliphatic carbocycles. The van der Waals surface area contributed by atoms with Crippen molar-refractivity contribution in [2.45, 2.75) is 19.8 Å². The van der Waals surface area contributed by atoms with Gasteiger partial charge in [0.15, 0.2) is 0 Å². The van der Waals surface area contributed by atoms with E-state index >= 15 is 0 Å². The SMILES string of the molecule is CCC(=O)Nc1ccc2c(c1)CC(=O)N2C. The van der Waals surface area contributed by atoms with E-state index in [1.165, 1.54) is 0 Å². The minimum atomic E-state index is -0.0161. The average Bonchev–Trinajstić information content (AvgIpc) is 2.54. The second kappa shape index (κ2) is 3.96. The molecular formula is C12H14N2O2. The molecule has 0 radical (unpaired) electrons. The number of carbonyl (C=O) groups excluding carboxylic acids is 2. The van der Waals surface area contributed by atoms with Crippen molar-refractivity contribution in [3.8, 4) is 0 Å². The van der Waals surface area contributed by atoms with Gasteiger partial charge in [-0.1, -0.05) is 6.92 Å². The summed E-state index contributed by atoms with van der Waals surface area (Å²) in [6.45, 7) is 1.81. The number of likely N-dealkylation sites (N-methyl/N-ethyl adjacent to an activating group) is 1. The Kier molecular flexibility index (Phi) is 2.64. The molecule has 0 fully saturated rings. The molecule has 4 heteroatoms. The summed E-state index contributed by atoms with van der Waals surface area (Å²) in [5.74, 6) is 0.0756. The molecule has 0 bridgehead atoms. The van der Waals surface area contributed by atoms with E-state index in [9.17, 15) is 9.59 Å². The van der Waals surface area contributed by atoms with Crippen molar-refractivity contribution in [3.05, 3.63) is 23.8 Å². The molecule has 2 rings (SSSR count). The summed E-state index contributed by atoms with van der Waals surface area (Å²) >= 11 is 0. The van der Waals surface area contributed by atoms with E-state index in [2.05, 4.69) is 5.32 Å². The van der Waals surface area contributed by atoms with Crippen molar-refractivity contribution in [1.82, 2.24) is 0 Å². The highest BCUT2D eigenvalue weighted by atomic mass is 16.2. The van der Waals surface area contributed by atoms with Gasteiger partial charge in [0.1, 0.15) is 0 Å². The van der Waals surface area contributed by atoms with Crippen LogP contribution in [-0.4, -0.2) is 18.9 Å². The van der Waals surface area contributed by atoms with Crippen LogP contribution in [0.5, 0.6) is 0 Å². The Morgan fingerprint density at radius 1 is 1.50 bits per heavy atom. The molecule has 0 spiro atoms. The van der Waals surface area contributed by atoms with Crippen molar-refractivity contribution in [1.29, 1.82) is 0 Å². The summed E-state index contributed by atoms with van der Waals surface area (Å²) in [7, 11) is 1.76. The largest absolute Gasteiger partial charge is 0.326 e. The topological polar surface area (TPSA) is 49.4 Å². The van der Waals surface area contributed by atoms with Crippen molar-refractivity contribution in [2.75, 3.05) is 17.3 Å². The third-order valence-electron chi connectivity index (χ3n) is 2.76. The second-order valence-corrected chi connectivity index (χ2v) is 3.87. The predicted octanol–water partition coefficient (Wildman–Crippen LogP) is 1.55. The van der Waals surface area contributed by atoms with Gasteiger partial charge in [-0.2, -0.15) is 0 Å². The van der Waals surface area contributed by atoms with Crippen LogP contribution in [0.15, 0.2) is 18.2 Å². The molecule has 0 saturated carbocycles. The van der Waals surface area contributed by atoms with Crippen LogP contribution >= 0.6 is 0 Å². The summed E-state index contributed by atoms with van der Waals surface area (Å²) in [5.41, 5.74) is 2.66. The zero-order valence-electron chi connectivity index (χ0n) is 9.41. The Bertz CT molecular complexity index is 454. The van der Waals surface area contributed by atoms with Gasteiger partial charge in [0.25, 0.3) is 0 Å². The fourth-order valence-corrected chi connectivity index (χ4v) is 1.80. The van der Waals surface area contributed by atoms with Crippen LogP contribution in [0.25, 0.3) is 0 Å². The maximum absolute atomic E-state index is 11.5. The minimum Gasteiger partial charge on any atom is -0.326 e. The zero-order chi connectivity index (χ0) is 11.7. The first-order valence-corrected chi connectivity index (χ1v) is 5.31. The molecule has 2 amide bonds. The van der Waals surface area contributed by atoms with E-state index in [-0.39, 0.29) is 11.8 Å². The zero-order valence-corrected chi connectivity index (χ0v) is 9.41. The molecular weight excluding hydrogens is 204 g/mol. The predicted molar refractivity (Wildman–Crippen MR) is 62.5 cm³/mol. The van der Waals surface area contributed by atoms with Crippen molar-refractivity contribution < 1.29 is 9.59 Å². The summed E-state index contributed by atoms with van der Waals surface area (Å²) in [5, 5.41) is 2.78. The molecule has 1 heterocycles. The Labute approximate surface area is 94.2 Å². The summed E-state index contributed by atoms with van der Waals surface area (Å²) < 4.78 is 0. The molecule has 1 aliphatic rings. The number of carbonyl (C=O) groups is 2. The van der Waals surface area contributed by atoms with Crippen LogP contribution < -0.4 is 10.2 Å².